The first-order chi connectivity index (χ1) is 13.0. The molecular weight excluding hydrogens is 433 g/mol. The molecule has 28 heavy (non-hydrogen) atoms. The zero-order valence-electron chi connectivity index (χ0n) is 15.0. The van der Waals surface area contributed by atoms with Gasteiger partial charge >= 0.3 is 16.4 Å². The Kier molecular flexibility index (Phi) is 9.66. The summed E-state index contributed by atoms with van der Waals surface area (Å²) in [6, 6.07) is 10.6. The molecule has 0 aliphatic rings. The van der Waals surface area contributed by atoms with Gasteiger partial charge in [-0.3, -0.25) is 9.11 Å². The van der Waals surface area contributed by atoms with Crippen LogP contribution >= 0.6 is 23.2 Å². The summed E-state index contributed by atoms with van der Waals surface area (Å²) in [6.45, 7) is 4.09. The van der Waals surface area contributed by atoms with Gasteiger partial charge in [-0.15, -0.1) is 0 Å². The number of rotatable bonds is 6. The number of halogens is 2. The molecule has 0 unspecified atom stereocenters. The summed E-state index contributed by atoms with van der Waals surface area (Å²) in [5.74, 6) is -0.485. The number of carbonyl (C=O) groups is 1. The lowest BCUT2D eigenvalue weighted by atomic mass is 10.1. The molecule has 0 saturated carbocycles. The fourth-order valence-electron chi connectivity index (χ4n) is 1.93. The van der Waals surface area contributed by atoms with Crippen LogP contribution in [0.3, 0.4) is 0 Å². The normalized spacial score (nSPS) is 10.6. The topological polar surface area (TPSA) is 122 Å². The molecule has 2 aromatic carbocycles. The molecule has 0 amide bonds. The molecule has 0 atom stereocenters. The van der Waals surface area contributed by atoms with Crippen molar-refractivity contribution in [2.45, 2.75) is 13.8 Å². The van der Waals surface area contributed by atoms with Crippen molar-refractivity contribution >= 4 is 50.9 Å². The Bertz CT molecular complexity index is 912. The molecule has 0 heterocycles. The second-order valence-corrected chi connectivity index (χ2v) is 6.89. The van der Waals surface area contributed by atoms with E-state index in [9.17, 15) is 4.79 Å². The molecule has 0 spiro atoms. The van der Waals surface area contributed by atoms with Gasteiger partial charge in [0, 0.05) is 6.61 Å². The molecule has 0 fully saturated rings. The molecule has 0 aromatic heterocycles. The highest BCUT2D eigenvalue weighted by atomic mass is 35.5. The van der Waals surface area contributed by atoms with Crippen LogP contribution in [0.1, 0.15) is 22.8 Å². The van der Waals surface area contributed by atoms with Crippen molar-refractivity contribution in [1.29, 1.82) is 0 Å². The highest BCUT2D eigenvalue weighted by Gasteiger charge is 2.15. The van der Waals surface area contributed by atoms with E-state index in [-0.39, 0.29) is 6.79 Å². The summed E-state index contributed by atoms with van der Waals surface area (Å²) in [5.41, 5.74) is 2.37. The van der Waals surface area contributed by atoms with Crippen LogP contribution in [0.4, 0.5) is 11.4 Å². The van der Waals surface area contributed by atoms with Gasteiger partial charge < -0.3 is 14.8 Å². The van der Waals surface area contributed by atoms with E-state index in [1.165, 1.54) is 0 Å². The first-order valence-electron chi connectivity index (χ1n) is 7.80. The van der Waals surface area contributed by atoms with Crippen molar-refractivity contribution in [1.82, 2.24) is 0 Å². The quantitative estimate of drug-likeness (QED) is 0.253. The maximum Gasteiger partial charge on any atom is 0.394 e. The molecule has 0 aliphatic heterocycles. The highest BCUT2D eigenvalue weighted by Crippen LogP contribution is 2.36. The lowest BCUT2D eigenvalue weighted by Crippen LogP contribution is -2.11. The predicted molar refractivity (Wildman–Crippen MR) is 107 cm³/mol. The second kappa shape index (κ2) is 11.2. The van der Waals surface area contributed by atoms with E-state index in [1.807, 2.05) is 19.9 Å². The average Bonchev–Trinajstić information content (AvgIpc) is 2.61. The van der Waals surface area contributed by atoms with Crippen molar-refractivity contribution < 1.29 is 31.8 Å². The van der Waals surface area contributed by atoms with E-state index >= 15 is 0 Å². The molecule has 8 nitrogen and oxygen atoms in total. The Morgan fingerprint density at radius 3 is 2.36 bits per heavy atom. The van der Waals surface area contributed by atoms with Gasteiger partial charge in [-0.25, -0.2) is 4.79 Å². The maximum atomic E-state index is 12.2. The van der Waals surface area contributed by atoms with E-state index < -0.39 is 16.4 Å². The van der Waals surface area contributed by atoms with Gasteiger partial charge in [0.05, 0.1) is 27.0 Å². The molecule has 0 bridgehead atoms. The van der Waals surface area contributed by atoms with Crippen LogP contribution in [0.25, 0.3) is 0 Å². The Hall–Kier alpha value is -1.88. The first kappa shape index (κ1) is 24.2. The number of para-hydroxylation sites is 1. The molecule has 0 aliphatic carbocycles. The van der Waals surface area contributed by atoms with E-state index in [0.717, 1.165) is 5.56 Å². The van der Waals surface area contributed by atoms with Gasteiger partial charge in [-0.1, -0.05) is 41.4 Å². The predicted octanol–water partition coefficient (Wildman–Crippen LogP) is 4.54. The van der Waals surface area contributed by atoms with Crippen molar-refractivity contribution in [3.8, 4) is 0 Å². The molecule has 0 radical (unpaired) electrons. The lowest BCUT2D eigenvalue weighted by Gasteiger charge is -2.15. The summed E-state index contributed by atoms with van der Waals surface area (Å²) in [5, 5.41) is 4.10. The minimum absolute atomic E-state index is 0.0877. The Balaban J connectivity index is 0.000000696. The van der Waals surface area contributed by atoms with Gasteiger partial charge in [0.2, 0.25) is 0 Å². The summed E-state index contributed by atoms with van der Waals surface area (Å²) >= 11 is 12.5. The second-order valence-electron chi connectivity index (χ2n) is 5.21. The number of nitrogens with one attached hydrogen (secondary N) is 1. The van der Waals surface area contributed by atoms with Crippen LogP contribution < -0.4 is 5.32 Å². The number of esters is 1. The summed E-state index contributed by atoms with van der Waals surface area (Å²) < 4.78 is 41.7. The Morgan fingerprint density at radius 2 is 1.75 bits per heavy atom. The molecule has 0 saturated heterocycles. The third-order valence-corrected chi connectivity index (χ3v) is 3.97. The Morgan fingerprint density at radius 1 is 1.14 bits per heavy atom. The zero-order chi connectivity index (χ0) is 21.3. The van der Waals surface area contributed by atoms with Crippen LogP contribution in [0, 0.1) is 6.92 Å². The third kappa shape index (κ3) is 8.42. The molecule has 11 heteroatoms. The maximum absolute atomic E-state index is 12.2. The fraction of sp³-hybridized carbons (Fsp3) is 0.235. The Labute approximate surface area is 172 Å². The third-order valence-electron chi connectivity index (χ3n) is 3.17. The van der Waals surface area contributed by atoms with Crippen molar-refractivity contribution in [3.63, 3.8) is 0 Å². The van der Waals surface area contributed by atoms with Crippen molar-refractivity contribution in [2.75, 3.05) is 18.7 Å². The van der Waals surface area contributed by atoms with Crippen LogP contribution in [0.2, 0.25) is 10.0 Å². The minimum Gasteiger partial charge on any atom is -0.435 e. The number of hydrogen-bond acceptors (Lipinski definition) is 6. The van der Waals surface area contributed by atoms with Crippen LogP contribution in [0.5, 0.6) is 0 Å². The zero-order valence-corrected chi connectivity index (χ0v) is 17.3. The van der Waals surface area contributed by atoms with Crippen LogP contribution in [0.15, 0.2) is 36.4 Å². The number of anilines is 2. The van der Waals surface area contributed by atoms with Crippen molar-refractivity contribution in [2.24, 2.45) is 0 Å². The smallest absolute Gasteiger partial charge is 0.394 e. The van der Waals surface area contributed by atoms with Gasteiger partial charge in [0.15, 0.2) is 6.79 Å². The minimum atomic E-state index is -4.67. The molecule has 154 valence electrons. The molecular formula is C17H19Cl2NO7S. The highest BCUT2D eigenvalue weighted by molar-refractivity contribution is 7.79. The number of benzene rings is 2. The summed E-state index contributed by atoms with van der Waals surface area (Å²) in [7, 11) is -4.67. The van der Waals surface area contributed by atoms with E-state index in [2.05, 4.69) is 5.32 Å². The van der Waals surface area contributed by atoms with Gasteiger partial charge in [0.1, 0.15) is 0 Å². The molecule has 3 N–H and O–H groups in total. The van der Waals surface area contributed by atoms with Crippen molar-refractivity contribution in [3.05, 3.63) is 57.6 Å². The standard InChI is InChI=1S/C17H17Cl2NO3.H2O4S/c1-3-22-10-23-17(21)12-6-4-5-7-14(12)20-16-13(18)9-8-11(2)15(16)19;1-5(2,3)4/h4-9,20H,3,10H2,1-2H3;(H2,1,2,3,4). The largest absolute Gasteiger partial charge is 0.435 e. The number of ether oxygens (including phenoxy) is 2. The van der Waals surface area contributed by atoms with E-state index in [1.54, 1.807) is 30.3 Å². The molecule has 2 rings (SSSR count). The summed E-state index contributed by atoms with van der Waals surface area (Å²) in [6.07, 6.45) is 0. The number of hydrogen-bond donors (Lipinski definition) is 3. The number of aryl methyl sites for hydroxylation is 1. The number of carbonyl (C=O) groups excluding carboxylic acids is 1. The monoisotopic (exact) mass is 451 g/mol. The van der Waals surface area contributed by atoms with Gasteiger partial charge in [-0.2, -0.15) is 8.42 Å². The van der Waals surface area contributed by atoms with Gasteiger partial charge in [0.25, 0.3) is 0 Å². The lowest BCUT2D eigenvalue weighted by molar-refractivity contribution is -0.0273. The van der Waals surface area contributed by atoms with Crippen LogP contribution in [-0.4, -0.2) is 36.9 Å². The first-order valence-corrected chi connectivity index (χ1v) is 9.95. The van der Waals surface area contributed by atoms with Gasteiger partial charge in [-0.05, 0) is 37.6 Å². The van der Waals surface area contributed by atoms with E-state index in [0.29, 0.717) is 33.6 Å². The fourth-order valence-corrected chi connectivity index (χ4v) is 2.40. The SMILES string of the molecule is CCOCOC(=O)c1ccccc1Nc1c(Cl)ccc(C)c1Cl.O=S(=O)(O)O. The average molecular weight is 452 g/mol. The van der Waals surface area contributed by atoms with E-state index in [4.69, 9.17) is 50.2 Å². The molecule has 2 aromatic rings. The summed E-state index contributed by atoms with van der Waals surface area (Å²) in [4.78, 5) is 12.2. The van der Waals surface area contributed by atoms with Crippen LogP contribution in [-0.2, 0) is 19.9 Å².